The Bertz CT molecular complexity index is 1700. The van der Waals surface area contributed by atoms with Crippen LogP contribution in [0.4, 0.5) is 21.0 Å². The van der Waals surface area contributed by atoms with E-state index in [1.165, 1.54) is 60.5 Å². The van der Waals surface area contributed by atoms with Crippen LogP contribution in [-0.4, -0.2) is 121 Å². The molecule has 21 heteroatoms. The molecule has 0 radical (unpaired) electrons. The van der Waals surface area contributed by atoms with Gasteiger partial charge in [0.05, 0.1) is 31.6 Å². The Morgan fingerprint density at radius 1 is 0.849 bits per heavy atom. The molecule has 9 N–H and O–H groups in total. The number of hydrogen-bond acceptors (Lipinski definition) is 11. The summed E-state index contributed by atoms with van der Waals surface area (Å²) < 4.78 is 9.16. The zero-order valence-electron chi connectivity index (χ0n) is 28.8. The number of nitrogens with one attached hydrogen (secondary N) is 4. The summed E-state index contributed by atoms with van der Waals surface area (Å²) in [5.41, 5.74) is 12.5. The maximum absolute atomic E-state index is 13.3. The Kier molecular flexibility index (Phi) is 17.0. The Hall–Kier alpha value is -6.44. The molecule has 1 fully saturated rings. The SMILES string of the molecule is CCOC(=O)NC(N)=Nc1ccc(C(=O)NCC(=O)N2CCN(CC(=O)O)C(=O)[C@@H]2CCCNC(=O)c2ccc(N=C(N)NC(=O)OC)cc2)cc1.Cl. The number of halogens is 1. The van der Waals surface area contributed by atoms with Crippen LogP contribution in [0.5, 0.6) is 0 Å². The lowest BCUT2D eigenvalue weighted by Crippen LogP contribution is -2.60. The highest BCUT2D eigenvalue weighted by Crippen LogP contribution is 2.18. The van der Waals surface area contributed by atoms with Gasteiger partial charge >= 0.3 is 18.2 Å². The topological polar surface area (TPSA) is 290 Å². The third kappa shape index (κ3) is 13.7. The first-order valence-electron chi connectivity index (χ1n) is 15.8. The molecule has 0 unspecified atom stereocenters. The van der Waals surface area contributed by atoms with Gasteiger partial charge in [-0.2, -0.15) is 0 Å². The van der Waals surface area contributed by atoms with E-state index in [1.54, 1.807) is 6.92 Å². The van der Waals surface area contributed by atoms with Crippen LogP contribution in [0.15, 0.2) is 58.5 Å². The second-order valence-electron chi connectivity index (χ2n) is 10.9. The summed E-state index contributed by atoms with van der Waals surface area (Å²) in [7, 11) is 1.17. The Morgan fingerprint density at radius 2 is 1.38 bits per heavy atom. The number of rotatable bonds is 13. The van der Waals surface area contributed by atoms with Crippen molar-refractivity contribution in [2.45, 2.75) is 25.8 Å². The lowest BCUT2D eigenvalue weighted by atomic mass is 10.0. The van der Waals surface area contributed by atoms with Gasteiger partial charge in [-0.3, -0.25) is 34.6 Å². The monoisotopic (exact) mass is 760 g/mol. The largest absolute Gasteiger partial charge is 0.480 e. The summed E-state index contributed by atoms with van der Waals surface area (Å²) in [5, 5.41) is 19.0. The average Bonchev–Trinajstić information content (AvgIpc) is 3.10. The van der Waals surface area contributed by atoms with Crippen LogP contribution in [0.3, 0.4) is 0 Å². The van der Waals surface area contributed by atoms with Gasteiger partial charge in [0, 0.05) is 30.8 Å². The molecule has 2 aromatic carbocycles. The highest BCUT2D eigenvalue weighted by atomic mass is 35.5. The smallest absolute Gasteiger partial charge is 0.413 e. The number of guanidine groups is 2. The molecule has 3 rings (SSSR count). The standard InChI is InChI=1S/C32H40N10O10.ClH/c1-3-52-32(50)40-30(34)38-22-12-8-20(9-13-22)27(47)36-17-24(43)42-16-15-41(18-25(44)45)28(48)23(42)5-4-14-35-26(46)19-6-10-21(11-7-19)37-29(33)39-31(49)51-2;/h6-13,23H,3-5,14-18H2,1-2H3,(H,35,46)(H,36,47)(H,44,45)(H3,33,37,39,49)(H3,34,38,40,50);1H/t23-;/m0./s1. The molecule has 1 heterocycles. The fourth-order valence-corrected chi connectivity index (χ4v) is 4.83. The number of alkyl carbamates (subject to hydrolysis) is 2. The molecule has 0 aromatic heterocycles. The molecule has 1 aliphatic rings. The van der Waals surface area contributed by atoms with Crippen molar-refractivity contribution in [1.82, 2.24) is 31.1 Å². The van der Waals surface area contributed by atoms with E-state index in [1.807, 2.05) is 0 Å². The predicted octanol–water partition coefficient (Wildman–Crippen LogP) is 0.167. The number of carboxylic acid groups (broad SMARTS) is 1. The van der Waals surface area contributed by atoms with Crippen molar-refractivity contribution >= 4 is 77.5 Å². The van der Waals surface area contributed by atoms with Crippen molar-refractivity contribution in [3.8, 4) is 0 Å². The highest BCUT2D eigenvalue weighted by molar-refractivity contribution is 5.99. The number of carboxylic acids is 1. The van der Waals surface area contributed by atoms with Crippen molar-refractivity contribution in [2.75, 3.05) is 46.4 Å². The number of methoxy groups -OCH3 is 1. The number of carbonyl (C=O) groups excluding carboxylic acids is 6. The van der Waals surface area contributed by atoms with Gasteiger partial charge < -0.3 is 46.5 Å². The summed E-state index contributed by atoms with van der Waals surface area (Å²) in [5.74, 6) is -3.76. The first kappa shape index (κ1) is 42.7. The molecule has 0 aliphatic carbocycles. The van der Waals surface area contributed by atoms with Gasteiger partial charge in [0.25, 0.3) is 11.8 Å². The number of aliphatic carboxylic acids is 1. The molecule has 286 valence electrons. The van der Waals surface area contributed by atoms with Crippen LogP contribution in [0.1, 0.15) is 40.5 Å². The van der Waals surface area contributed by atoms with E-state index in [9.17, 15) is 38.7 Å². The lowest BCUT2D eigenvalue weighted by molar-refractivity contribution is -0.155. The molecule has 1 aliphatic heterocycles. The van der Waals surface area contributed by atoms with Gasteiger partial charge in [-0.15, -0.1) is 12.4 Å². The van der Waals surface area contributed by atoms with Crippen molar-refractivity contribution in [1.29, 1.82) is 0 Å². The average molecular weight is 761 g/mol. The Labute approximate surface area is 309 Å². The van der Waals surface area contributed by atoms with E-state index >= 15 is 0 Å². The molecule has 1 atom stereocenters. The Balaban J connectivity index is 0.00000972. The number of nitrogens with zero attached hydrogens (tertiary/aromatic N) is 4. The normalized spacial score (nSPS) is 14.3. The van der Waals surface area contributed by atoms with Gasteiger partial charge in [0.1, 0.15) is 12.6 Å². The van der Waals surface area contributed by atoms with Crippen molar-refractivity contribution in [3.63, 3.8) is 0 Å². The molecular formula is C32H41ClN10O10. The van der Waals surface area contributed by atoms with E-state index in [4.69, 9.17) is 16.2 Å². The van der Waals surface area contributed by atoms with Gasteiger partial charge in [-0.1, -0.05) is 0 Å². The first-order chi connectivity index (χ1) is 24.8. The van der Waals surface area contributed by atoms with E-state index < -0.39 is 60.9 Å². The highest BCUT2D eigenvalue weighted by Gasteiger charge is 2.37. The van der Waals surface area contributed by atoms with E-state index in [2.05, 4.69) is 36.0 Å². The molecule has 0 spiro atoms. The number of ether oxygens (including phenoxy) is 2. The number of hydrogen-bond donors (Lipinski definition) is 7. The quantitative estimate of drug-likeness (QED) is 0.0817. The van der Waals surface area contributed by atoms with Crippen LogP contribution in [0, 0.1) is 0 Å². The Morgan fingerprint density at radius 3 is 1.89 bits per heavy atom. The lowest BCUT2D eigenvalue weighted by Gasteiger charge is -2.40. The molecule has 0 saturated carbocycles. The zero-order valence-corrected chi connectivity index (χ0v) is 29.6. The van der Waals surface area contributed by atoms with Crippen LogP contribution in [0.2, 0.25) is 0 Å². The third-order valence-electron chi connectivity index (χ3n) is 7.25. The fraction of sp³-hybridized carbons (Fsp3) is 0.344. The summed E-state index contributed by atoms with van der Waals surface area (Å²) in [6.45, 7) is 0.938. The summed E-state index contributed by atoms with van der Waals surface area (Å²) >= 11 is 0. The number of piperazine rings is 1. The van der Waals surface area contributed by atoms with E-state index in [0.29, 0.717) is 16.9 Å². The number of amides is 6. The second-order valence-corrected chi connectivity index (χ2v) is 10.9. The molecule has 2 aromatic rings. The van der Waals surface area contributed by atoms with Gasteiger partial charge in [-0.25, -0.2) is 19.6 Å². The van der Waals surface area contributed by atoms with Crippen molar-refractivity contribution < 1.29 is 48.1 Å². The van der Waals surface area contributed by atoms with Crippen molar-refractivity contribution in [2.24, 2.45) is 21.5 Å². The molecule has 1 saturated heterocycles. The summed E-state index contributed by atoms with van der Waals surface area (Å²) in [6, 6.07) is 10.8. The minimum atomic E-state index is -1.21. The van der Waals surface area contributed by atoms with Crippen LogP contribution in [0.25, 0.3) is 0 Å². The van der Waals surface area contributed by atoms with Gasteiger partial charge in [0.15, 0.2) is 0 Å². The van der Waals surface area contributed by atoms with E-state index in [0.717, 1.165) is 4.90 Å². The molecule has 53 heavy (non-hydrogen) atoms. The predicted molar refractivity (Wildman–Crippen MR) is 192 cm³/mol. The number of nitrogens with two attached hydrogens (primary N) is 2. The first-order valence-corrected chi connectivity index (χ1v) is 15.8. The second kappa shape index (κ2) is 21.0. The van der Waals surface area contributed by atoms with Crippen LogP contribution >= 0.6 is 12.4 Å². The number of aliphatic imine (C=N–C) groups is 2. The van der Waals surface area contributed by atoms with Crippen LogP contribution < -0.4 is 32.7 Å². The minimum absolute atomic E-state index is 0. The number of carbonyl (C=O) groups is 7. The zero-order chi connectivity index (χ0) is 38.2. The summed E-state index contributed by atoms with van der Waals surface area (Å²) in [4.78, 5) is 96.5. The summed E-state index contributed by atoms with van der Waals surface area (Å²) in [6.07, 6.45) is -1.20. The van der Waals surface area contributed by atoms with Crippen molar-refractivity contribution in [3.05, 3.63) is 59.7 Å². The van der Waals surface area contributed by atoms with E-state index in [-0.39, 0.29) is 69.0 Å². The third-order valence-corrected chi connectivity index (χ3v) is 7.25. The van der Waals surface area contributed by atoms with Gasteiger partial charge in [0.2, 0.25) is 23.7 Å². The molecule has 6 amide bonds. The molecular weight excluding hydrogens is 720 g/mol. The minimum Gasteiger partial charge on any atom is -0.480 e. The van der Waals surface area contributed by atoms with Crippen LogP contribution in [-0.2, 0) is 23.9 Å². The van der Waals surface area contributed by atoms with Gasteiger partial charge in [-0.05, 0) is 68.3 Å². The maximum atomic E-state index is 13.3. The molecule has 20 nitrogen and oxygen atoms in total. The fourth-order valence-electron chi connectivity index (χ4n) is 4.83. The number of benzene rings is 2. The maximum Gasteiger partial charge on any atom is 0.413 e. The molecule has 0 bridgehead atoms.